The van der Waals surface area contributed by atoms with Crippen molar-refractivity contribution in [2.45, 2.75) is 32.6 Å². The van der Waals surface area contributed by atoms with Crippen molar-refractivity contribution in [2.75, 3.05) is 11.9 Å². The van der Waals surface area contributed by atoms with E-state index in [1.165, 1.54) is 11.3 Å². The van der Waals surface area contributed by atoms with Gasteiger partial charge in [-0.25, -0.2) is 9.78 Å². The molecule has 6 heteroatoms. The number of hydrogen-bond acceptors (Lipinski definition) is 5. The number of benzene rings is 1. The summed E-state index contributed by atoms with van der Waals surface area (Å²) in [7, 11) is 0. The molecule has 3 rings (SSSR count). The first kappa shape index (κ1) is 16.6. The van der Waals surface area contributed by atoms with Gasteiger partial charge in [0, 0.05) is 11.5 Å². The van der Waals surface area contributed by atoms with Crippen molar-refractivity contribution in [3.63, 3.8) is 0 Å². The van der Waals surface area contributed by atoms with Crippen LogP contribution >= 0.6 is 11.3 Å². The molecule has 0 bridgehead atoms. The molecule has 1 N–H and O–H groups in total. The van der Waals surface area contributed by atoms with Gasteiger partial charge in [0.15, 0.2) is 5.13 Å². The number of amides is 1. The Morgan fingerprint density at radius 1 is 1.25 bits per heavy atom. The molecular formula is C18H20N2O3S. The maximum absolute atomic E-state index is 12.3. The smallest absolute Gasteiger partial charge is 0.350 e. The molecular weight excluding hydrogens is 324 g/mol. The van der Waals surface area contributed by atoms with E-state index in [9.17, 15) is 9.59 Å². The lowest BCUT2D eigenvalue weighted by Crippen LogP contribution is -2.20. The van der Waals surface area contributed by atoms with Crippen LogP contribution in [-0.4, -0.2) is 23.5 Å². The molecule has 1 aliphatic rings. The molecule has 1 aromatic heterocycles. The Labute approximate surface area is 145 Å². The van der Waals surface area contributed by atoms with E-state index in [0.29, 0.717) is 22.3 Å². The molecule has 24 heavy (non-hydrogen) atoms. The molecule has 2 aromatic rings. The number of thiazole rings is 1. The summed E-state index contributed by atoms with van der Waals surface area (Å²) in [4.78, 5) is 29.4. The number of anilines is 1. The maximum atomic E-state index is 12.3. The maximum Gasteiger partial charge on any atom is 0.350 e. The zero-order valence-electron chi connectivity index (χ0n) is 13.6. The summed E-state index contributed by atoms with van der Waals surface area (Å²) >= 11 is 1.17. The minimum Gasteiger partial charge on any atom is -0.462 e. The van der Waals surface area contributed by atoms with Gasteiger partial charge in [0.05, 0.1) is 12.3 Å². The van der Waals surface area contributed by atoms with E-state index in [1.807, 2.05) is 30.3 Å². The number of hydrogen-bond donors (Lipinski definition) is 1. The van der Waals surface area contributed by atoms with E-state index < -0.39 is 5.97 Å². The zero-order valence-corrected chi connectivity index (χ0v) is 14.4. The molecule has 1 saturated carbocycles. The van der Waals surface area contributed by atoms with Gasteiger partial charge in [-0.05, 0) is 19.8 Å². The molecule has 126 valence electrons. The highest BCUT2D eigenvalue weighted by atomic mass is 32.1. The van der Waals surface area contributed by atoms with E-state index >= 15 is 0 Å². The van der Waals surface area contributed by atoms with Crippen LogP contribution < -0.4 is 5.32 Å². The van der Waals surface area contributed by atoms with Crippen LogP contribution in [0.4, 0.5) is 5.13 Å². The molecule has 1 amide bonds. The van der Waals surface area contributed by atoms with E-state index in [0.717, 1.165) is 31.2 Å². The van der Waals surface area contributed by atoms with Crippen LogP contribution in [0.25, 0.3) is 11.3 Å². The topological polar surface area (TPSA) is 68.3 Å². The normalized spacial score (nSPS) is 14.5. The molecule has 0 spiro atoms. The van der Waals surface area contributed by atoms with Gasteiger partial charge >= 0.3 is 5.97 Å². The third-order valence-corrected chi connectivity index (χ3v) is 5.04. The van der Waals surface area contributed by atoms with Crippen molar-refractivity contribution in [2.24, 2.45) is 5.92 Å². The highest BCUT2D eigenvalue weighted by Gasteiger charge is 2.25. The molecule has 5 nitrogen and oxygen atoms in total. The monoisotopic (exact) mass is 344 g/mol. The second-order valence-electron chi connectivity index (χ2n) is 5.75. The average molecular weight is 344 g/mol. The number of nitrogens with zero attached hydrogens (tertiary/aromatic N) is 1. The Hall–Kier alpha value is -2.21. The van der Waals surface area contributed by atoms with Crippen LogP contribution in [-0.2, 0) is 9.53 Å². The average Bonchev–Trinajstić information content (AvgIpc) is 3.26. The highest BCUT2D eigenvalue weighted by Crippen LogP contribution is 2.33. The number of aromatic nitrogens is 1. The summed E-state index contributed by atoms with van der Waals surface area (Å²) < 4.78 is 5.13. The van der Waals surface area contributed by atoms with E-state index in [4.69, 9.17) is 4.74 Å². The number of nitrogens with one attached hydrogen (secondary N) is 1. The van der Waals surface area contributed by atoms with Gasteiger partial charge < -0.3 is 10.1 Å². The lowest BCUT2D eigenvalue weighted by molar-refractivity contribution is -0.119. The molecule has 0 unspecified atom stereocenters. The molecule has 1 aromatic carbocycles. The minimum atomic E-state index is -0.407. The third kappa shape index (κ3) is 3.64. The van der Waals surface area contributed by atoms with Crippen molar-refractivity contribution in [1.29, 1.82) is 0 Å². The van der Waals surface area contributed by atoms with Gasteiger partial charge in [0.1, 0.15) is 4.88 Å². The second-order valence-corrected chi connectivity index (χ2v) is 6.75. The predicted octanol–water partition coefficient (Wildman–Crippen LogP) is 4.12. The molecule has 0 atom stereocenters. The Bertz CT molecular complexity index is 721. The zero-order chi connectivity index (χ0) is 16.9. The van der Waals surface area contributed by atoms with Gasteiger partial charge in [-0.1, -0.05) is 54.5 Å². The van der Waals surface area contributed by atoms with Gasteiger partial charge in [-0.15, -0.1) is 0 Å². The summed E-state index contributed by atoms with van der Waals surface area (Å²) in [5.41, 5.74) is 1.39. The van der Waals surface area contributed by atoms with Crippen molar-refractivity contribution < 1.29 is 14.3 Å². The van der Waals surface area contributed by atoms with Crippen LogP contribution in [0.3, 0.4) is 0 Å². The van der Waals surface area contributed by atoms with Crippen molar-refractivity contribution >= 4 is 28.3 Å². The first-order chi connectivity index (χ1) is 11.7. The third-order valence-electron chi connectivity index (χ3n) is 4.09. The molecule has 0 radical (unpaired) electrons. The fraction of sp³-hybridized carbons (Fsp3) is 0.389. The van der Waals surface area contributed by atoms with Gasteiger partial charge in [-0.2, -0.15) is 0 Å². The van der Waals surface area contributed by atoms with E-state index in [1.54, 1.807) is 6.92 Å². The van der Waals surface area contributed by atoms with E-state index in [-0.39, 0.29) is 11.8 Å². The molecule has 1 aliphatic carbocycles. The number of ether oxygens (including phenoxy) is 1. The van der Waals surface area contributed by atoms with Crippen LogP contribution in [0.5, 0.6) is 0 Å². The first-order valence-electron chi connectivity index (χ1n) is 8.23. The SMILES string of the molecule is CCOC(=O)c1sc(NC(=O)C2CCCC2)nc1-c1ccccc1. The van der Waals surface area contributed by atoms with Gasteiger partial charge in [0.2, 0.25) is 5.91 Å². The highest BCUT2D eigenvalue weighted by molar-refractivity contribution is 7.18. The summed E-state index contributed by atoms with van der Waals surface area (Å²) in [6.45, 7) is 2.07. The van der Waals surface area contributed by atoms with Crippen LogP contribution in [0, 0.1) is 5.92 Å². The van der Waals surface area contributed by atoms with Crippen LogP contribution in [0.1, 0.15) is 42.3 Å². The number of rotatable bonds is 5. The summed E-state index contributed by atoms with van der Waals surface area (Å²) in [6, 6.07) is 9.46. The predicted molar refractivity (Wildman–Crippen MR) is 94.1 cm³/mol. The molecule has 1 fully saturated rings. The quantitative estimate of drug-likeness (QED) is 0.829. The van der Waals surface area contributed by atoms with Crippen molar-refractivity contribution in [3.8, 4) is 11.3 Å². The fourth-order valence-electron chi connectivity index (χ4n) is 2.90. The number of carbonyl (C=O) groups is 2. The van der Waals surface area contributed by atoms with Crippen LogP contribution in [0.2, 0.25) is 0 Å². The Balaban J connectivity index is 1.88. The lowest BCUT2D eigenvalue weighted by atomic mass is 10.1. The van der Waals surface area contributed by atoms with Crippen molar-refractivity contribution in [1.82, 2.24) is 4.98 Å². The number of esters is 1. The van der Waals surface area contributed by atoms with E-state index in [2.05, 4.69) is 10.3 Å². The first-order valence-corrected chi connectivity index (χ1v) is 9.05. The largest absolute Gasteiger partial charge is 0.462 e. The molecule has 0 saturated heterocycles. The molecule has 0 aliphatic heterocycles. The summed E-state index contributed by atoms with van der Waals surface area (Å²) in [5, 5.41) is 3.32. The Morgan fingerprint density at radius 2 is 1.96 bits per heavy atom. The fourth-order valence-corrected chi connectivity index (χ4v) is 3.78. The lowest BCUT2D eigenvalue weighted by Gasteiger charge is -2.07. The molecule has 1 heterocycles. The number of carbonyl (C=O) groups excluding carboxylic acids is 2. The van der Waals surface area contributed by atoms with Gasteiger partial charge in [-0.3, -0.25) is 4.79 Å². The van der Waals surface area contributed by atoms with Crippen LogP contribution in [0.15, 0.2) is 30.3 Å². The standard InChI is InChI=1S/C18H20N2O3S/c1-2-23-17(22)15-14(12-8-4-3-5-9-12)19-18(24-15)20-16(21)13-10-6-7-11-13/h3-5,8-9,13H,2,6-7,10-11H2,1H3,(H,19,20,21). The Morgan fingerprint density at radius 3 is 2.62 bits per heavy atom. The summed E-state index contributed by atoms with van der Waals surface area (Å²) in [5.74, 6) is -0.355. The Kier molecular flexibility index (Phi) is 5.25. The van der Waals surface area contributed by atoms with Crippen molar-refractivity contribution in [3.05, 3.63) is 35.2 Å². The second kappa shape index (κ2) is 7.57. The summed E-state index contributed by atoms with van der Waals surface area (Å²) in [6.07, 6.45) is 4.04. The van der Waals surface area contributed by atoms with Gasteiger partial charge in [0.25, 0.3) is 0 Å². The minimum absolute atomic E-state index is 0.00345.